The number of aromatic amines is 1. The molecule has 1 N–H and O–H groups in total. The van der Waals surface area contributed by atoms with Gasteiger partial charge in [-0.15, -0.1) is 0 Å². The molecular formula is C28H32N6O4. The van der Waals surface area contributed by atoms with Gasteiger partial charge in [0.2, 0.25) is 5.91 Å². The van der Waals surface area contributed by atoms with Crippen LogP contribution in [0.15, 0.2) is 54.6 Å². The normalized spacial score (nSPS) is 17.8. The molecule has 38 heavy (non-hydrogen) atoms. The van der Waals surface area contributed by atoms with Gasteiger partial charge in [-0.3, -0.25) is 19.5 Å². The number of ether oxygens (including phenoxy) is 1. The van der Waals surface area contributed by atoms with Gasteiger partial charge in [0.05, 0.1) is 6.04 Å². The van der Waals surface area contributed by atoms with Gasteiger partial charge in [0, 0.05) is 50.8 Å². The van der Waals surface area contributed by atoms with E-state index in [1.165, 1.54) is 0 Å². The van der Waals surface area contributed by atoms with Crippen LogP contribution in [0.4, 0.5) is 0 Å². The van der Waals surface area contributed by atoms with Crippen LogP contribution in [0.5, 0.6) is 5.75 Å². The number of H-pyrrole nitrogens is 1. The molecule has 10 nitrogen and oxygen atoms in total. The molecule has 5 rings (SSSR count). The number of likely N-dealkylation sites (tertiary alicyclic amines) is 1. The second-order valence-corrected chi connectivity index (χ2v) is 9.62. The molecule has 2 aliphatic rings. The Morgan fingerprint density at radius 1 is 0.947 bits per heavy atom. The number of rotatable bonds is 6. The summed E-state index contributed by atoms with van der Waals surface area (Å²) in [4.78, 5) is 47.8. The van der Waals surface area contributed by atoms with Crippen LogP contribution in [0, 0.1) is 0 Å². The van der Waals surface area contributed by atoms with Crippen molar-refractivity contribution < 1.29 is 19.1 Å². The third-order valence-corrected chi connectivity index (χ3v) is 7.13. The van der Waals surface area contributed by atoms with Crippen molar-refractivity contribution in [3.8, 4) is 17.1 Å². The summed E-state index contributed by atoms with van der Waals surface area (Å²) in [5.41, 5.74) is 1.28. The van der Waals surface area contributed by atoms with Crippen molar-refractivity contribution in [2.24, 2.45) is 0 Å². The number of nitrogens with one attached hydrogen (secondary N) is 1. The largest absolute Gasteiger partial charge is 0.484 e. The molecule has 0 bridgehead atoms. The van der Waals surface area contributed by atoms with Gasteiger partial charge >= 0.3 is 0 Å². The van der Waals surface area contributed by atoms with Crippen molar-refractivity contribution in [3.63, 3.8) is 0 Å². The highest BCUT2D eigenvalue weighted by Gasteiger charge is 2.31. The van der Waals surface area contributed by atoms with Crippen molar-refractivity contribution in [2.45, 2.75) is 32.2 Å². The molecule has 2 saturated heterocycles. The number of aromatic nitrogens is 3. The summed E-state index contributed by atoms with van der Waals surface area (Å²) in [6.07, 6.45) is 2.71. The van der Waals surface area contributed by atoms with E-state index in [1.54, 1.807) is 28.9 Å². The first-order valence-electron chi connectivity index (χ1n) is 13.0. The topological polar surface area (TPSA) is 112 Å². The molecule has 198 valence electrons. The molecule has 1 aromatic heterocycles. The maximum absolute atomic E-state index is 13.1. The van der Waals surface area contributed by atoms with Crippen LogP contribution >= 0.6 is 0 Å². The SMILES string of the molecule is CC(=O)N1CCN(C(=O)c2cccc(-c3n[nH]c([C@H]4CCCCN4C(=O)COc4ccccc4)n3)c2)CC1. The second kappa shape index (κ2) is 11.5. The van der Waals surface area contributed by atoms with Gasteiger partial charge in [-0.2, -0.15) is 5.10 Å². The molecule has 2 aromatic carbocycles. The molecule has 0 unspecified atom stereocenters. The van der Waals surface area contributed by atoms with Crippen molar-refractivity contribution in [2.75, 3.05) is 39.3 Å². The van der Waals surface area contributed by atoms with E-state index in [0.717, 1.165) is 24.8 Å². The van der Waals surface area contributed by atoms with Gasteiger partial charge in [0.1, 0.15) is 11.6 Å². The second-order valence-electron chi connectivity index (χ2n) is 9.62. The van der Waals surface area contributed by atoms with E-state index < -0.39 is 0 Å². The highest BCUT2D eigenvalue weighted by Crippen LogP contribution is 2.30. The fourth-order valence-electron chi connectivity index (χ4n) is 5.01. The molecule has 1 atom stereocenters. The van der Waals surface area contributed by atoms with E-state index in [2.05, 4.69) is 10.2 Å². The van der Waals surface area contributed by atoms with Gasteiger partial charge in [-0.25, -0.2) is 4.98 Å². The number of carbonyl (C=O) groups excluding carboxylic acids is 3. The Morgan fingerprint density at radius 2 is 1.71 bits per heavy atom. The molecular weight excluding hydrogens is 484 g/mol. The van der Waals surface area contributed by atoms with Gasteiger partial charge in [0.15, 0.2) is 12.4 Å². The Morgan fingerprint density at radius 3 is 2.47 bits per heavy atom. The zero-order valence-electron chi connectivity index (χ0n) is 21.5. The molecule has 2 fully saturated rings. The Hall–Kier alpha value is -4.21. The predicted octanol–water partition coefficient (Wildman–Crippen LogP) is 2.91. The monoisotopic (exact) mass is 516 g/mol. The number of piperidine rings is 1. The summed E-state index contributed by atoms with van der Waals surface area (Å²) in [6, 6.07) is 16.4. The minimum atomic E-state index is -0.209. The van der Waals surface area contributed by atoms with Crippen molar-refractivity contribution in [1.82, 2.24) is 29.9 Å². The smallest absolute Gasteiger partial charge is 0.261 e. The highest BCUT2D eigenvalue weighted by molar-refractivity contribution is 5.95. The van der Waals surface area contributed by atoms with E-state index in [1.807, 2.05) is 47.4 Å². The van der Waals surface area contributed by atoms with Gasteiger partial charge in [0.25, 0.3) is 11.8 Å². The van der Waals surface area contributed by atoms with Crippen LogP contribution in [0.25, 0.3) is 11.4 Å². The lowest BCUT2D eigenvalue weighted by molar-refractivity contribution is -0.137. The Labute approximate surface area is 221 Å². The summed E-state index contributed by atoms with van der Waals surface area (Å²) in [5.74, 6) is 1.63. The van der Waals surface area contributed by atoms with Gasteiger partial charge < -0.3 is 19.4 Å². The lowest BCUT2D eigenvalue weighted by Gasteiger charge is -2.34. The zero-order chi connectivity index (χ0) is 26.5. The zero-order valence-corrected chi connectivity index (χ0v) is 21.5. The number of hydrogen-bond acceptors (Lipinski definition) is 6. The van der Waals surface area contributed by atoms with Gasteiger partial charge in [-0.05, 0) is 43.5 Å². The summed E-state index contributed by atoms with van der Waals surface area (Å²) in [5, 5.41) is 7.45. The van der Waals surface area contributed by atoms with Crippen LogP contribution < -0.4 is 4.74 Å². The number of amides is 3. The fraction of sp³-hybridized carbons (Fsp3) is 0.393. The quantitative estimate of drug-likeness (QED) is 0.539. The number of piperazine rings is 1. The first-order valence-corrected chi connectivity index (χ1v) is 13.0. The summed E-state index contributed by atoms with van der Waals surface area (Å²) in [7, 11) is 0. The van der Waals surface area contributed by atoms with Crippen LogP contribution in [0.2, 0.25) is 0 Å². The summed E-state index contributed by atoms with van der Waals surface area (Å²) < 4.78 is 5.69. The standard InChI is InChI=1S/C28H32N6O4/c1-20(35)32-14-16-33(17-15-32)28(37)22-9-7-8-21(18-22)26-29-27(31-30-26)24-12-5-6-13-34(24)25(36)19-38-23-10-3-2-4-11-23/h2-4,7-11,18,24H,5-6,12-17,19H2,1H3,(H,29,30,31)/t24-/m1/s1. The lowest BCUT2D eigenvalue weighted by atomic mass is 10.0. The molecule has 0 radical (unpaired) electrons. The summed E-state index contributed by atoms with van der Waals surface area (Å²) >= 11 is 0. The number of benzene rings is 2. The van der Waals surface area contributed by atoms with E-state index in [0.29, 0.717) is 55.7 Å². The fourth-order valence-corrected chi connectivity index (χ4v) is 5.01. The highest BCUT2D eigenvalue weighted by atomic mass is 16.5. The maximum Gasteiger partial charge on any atom is 0.261 e. The molecule has 0 spiro atoms. The van der Waals surface area contributed by atoms with E-state index >= 15 is 0 Å². The van der Waals surface area contributed by atoms with E-state index in [-0.39, 0.29) is 30.4 Å². The Kier molecular flexibility index (Phi) is 7.67. The molecule has 0 aliphatic carbocycles. The first-order chi connectivity index (χ1) is 18.5. The number of nitrogens with zero attached hydrogens (tertiary/aromatic N) is 5. The Bertz CT molecular complexity index is 1290. The van der Waals surface area contributed by atoms with Crippen molar-refractivity contribution in [1.29, 1.82) is 0 Å². The van der Waals surface area contributed by atoms with Crippen molar-refractivity contribution >= 4 is 17.7 Å². The van der Waals surface area contributed by atoms with Crippen LogP contribution in [0.3, 0.4) is 0 Å². The molecule has 3 heterocycles. The third kappa shape index (κ3) is 5.69. The van der Waals surface area contributed by atoms with Crippen molar-refractivity contribution in [3.05, 3.63) is 66.0 Å². The number of carbonyl (C=O) groups is 3. The van der Waals surface area contributed by atoms with Crippen LogP contribution in [-0.2, 0) is 9.59 Å². The van der Waals surface area contributed by atoms with Crippen LogP contribution in [-0.4, -0.2) is 86.9 Å². The predicted molar refractivity (Wildman–Crippen MR) is 140 cm³/mol. The molecule has 0 saturated carbocycles. The first kappa shape index (κ1) is 25.4. The number of hydrogen-bond donors (Lipinski definition) is 1. The van der Waals surface area contributed by atoms with Gasteiger partial charge in [-0.1, -0.05) is 30.3 Å². The molecule has 3 amide bonds. The van der Waals surface area contributed by atoms with E-state index in [9.17, 15) is 14.4 Å². The van der Waals surface area contributed by atoms with Crippen LogP contribution in [0.1, 0.15) is 48.4 Å². The summed E-state index contributed by atoms with van der Waals surface area (Å²) in [6.45, 7) is 4.24. The third-order valence-electron chi connectivity index (χ3n) is 7.13. The lowest BCUT2D eigenvalue weighted by Crippen LogP contribution is -2.50. The maximum atomic E-state index is 13.1. The molecule has 2 aliphatic heterocycles. The molecule has 3 aromatic rings. The Balaban J connectivity index is 1.26. The number of para-hydroxylation sites is 1. The molecule has 10 heteroatoms. The average Bonchev–Trinajstić information content (AvgIpc) is 3.46. The minimum absolute atomic E-state index is 0.0291. The minimum Gasteiger partial charge on any atom is -0.484 e. The average molecular weight is 517 g/mol. The van der Waals surface area contributed by atoms with E-state index in [4.69, 9.17) is 9.72 Å².